The van der Waals surface area contributed by atoms with Gasteiger partial charge in [0.05, 0.1) is 0 Å². The van der Waals surface area contributed by atoms with Gasteiger partial charge < -0.3 is 10.4 Å². The summed E-state index contributed by atoms with van der Waals surface area (Å²) in [5.74, 6) is -2.03. The van der Waals surface area contributed by atoms with E-state index in [2.05, 4.69) is 5.32 Å². The molecule has 158 valence electrons. The van der Waals surface area contributed by atoms with Crippen molar-refractivity contribution in [1.82, 2.24) is 5.32 Å². The van der Waals surface area contributed by atoms with Gasteiger partial charge in [-0.3, -0.25) is 14.4 Å². The van der Waals surface area contributed by atoms with Crippen LogP contribution in [0, 0.1) is 5.92 Å². The summed E-state index contributed by atoms with van der Waals surface area (Å²) in [5.41, 5.74) is 0.921. The molecule has 1 unspecified atom stereocenters. The minimum absolute atomic E-state index is 0.0350. The highest BCUT2D eigenvalue weighted by Crippen LogP contribution is 2.24. The second-order valence-electron chi connectivity index (χ2n) is 6.79. The number of carboxylic acids is 1. The number of carbonyl (C=O) groups excluding carboxylic acids is 3. The molecule has 0 bridgehead atoms. The van der Waals surface area contributed by atoms with E-state index in [-0.39, 0.29) is 21.9 Å². The molecule has 0 saturated carbocycles. The molecule has 0 spiro atoms. The Bertz CT molecular complexity index is 887. The van der Waals surface area contributed by atoms with E-state index in [0.29, 0.717) is 11.1 Å². The average molecular weight is 446 g/mol. The minimum atomic E-state index is -1.15. The van der Waals surface area contributed by atoms with E-state index in [1.54, 1.807) is 74.5 Å². The van der Waals surface area contributed by atoms with E-state index >= 15 is 0 Å². The smallest absolute Gasteiger partial charge is 0.326 e. The molecular formula is C22H23NO5S2. The van der Waals surface area contributed by atoms with Gasteiger partial charge >= 0.3 is 5.97 Å². The maximum absolute atomic E-state index is 12.8. The van der Waals surface area contributed by atoms with Gasteiger partial charge in [-0.2, -0.15) is 0 Å². The topological polar surface area (TPSA) is 101 Å². The number of carbonyl (C=O) groups is 4. The summed E-state index contributed by atoms with van der Waals surface area (Å²) in [6, 6.07) is 16.0. The predicted molar refractivity (Wildman–Crippen MR) is 120 cm³/mol. The molecule has 0 aliphatic carbocycles. The third-order valence-corrected chi connectivity index (χ3v) is 6.48. The van der Waals surface area contributed by atoms with Crippen LogP contribution >= 0.6 is 23.5 Å². The van der Waals surface area contributed by atoms with Crippen molar-refractivity contribution in [3.8, 4) is 0 Å². The fraction of sp³-hybridized carbons (Fsp3) is 0.273. The van der Waals surface area contributed by atoms with Crippen molar-refractivity contribution in [2.24, 2.45) is 5.92 Å². The maximum Gasteiger partial charge on any atom is 0.326 e. The van der Waals surface area contributed by atoms with E-state index in [0.717, 1.165) is 23.5 Å². The van der Waals surface area contributed by atoms with Crippen molar-refractivity contribution in [2.75, 3.05) is 5.75 Å². The van der Waals surface area contributed by atoms with Crippen LogP contribution in [0.15, 0.2) is 60.7 Å². The predicted octanol–water partition coefficient (Wildman–Crippen LogP) is 3.73. The van der Waals surface area contributed by atoms with Gasteiger partial charge in [0.15, 0.2) is 0 Å². The van der Waals surface area contributed by atoms with Gasteiger partial charge in [0, 0.05) is 16.9 Å². The molecule has 0 aliphatic heterocycles. The summed E-state index contributed by atoms with van der Waals surface area (Å²) in [4.78, 5) is 49.3. The van der Waals surface area contributed by atoms with Gasteiger partial charge in [0.25, 0.3) is 0 Å². The molecule has 1 amide bonds. The molecule has 6 nitrogen and oxygen atoms in total. The highest BCUT2D eigenvalue weighted by Gasteiger charge is 2.30. The van der Waals surface area contributed by atoms with E-state index in [4.69, 9.17) is 0 Å². The van der Waals surface area contributed by atoms with Gasteiger partial charge in [-0.05, 0) is 5.92 Å². The number of hydrogen-bond acceptors (Lipinski definition) is 6. The van der Waals surface area contributed by atoms with Crippen LogP contribution in [-0.4, -0.2) is 44.3 Å². The molecule has 2 N–H and O–H groups in total. The van der Waals surface area contributed by atoms with Crippen molar-refractivity contribution < 1.29 is 24.3 Å². The summed E-state index contributed by atoms with van der Waals surface area (Å²) in [6.45, 7) is 3.37. The molecule has 0 saturated heterocycles. The van der Waals surface area contributed by atoms with Crippen LogP contribution in [0.5, 0.6) is 0 Å². The zero-order valence-electron chi connectivity index (χ0n) is 16.6. The van der Waals surface area contributed by atoms with E-state index in [1.165, 1.54) is 0 Å². The number of amides is 1. The molecule has 0 aromatic heterocycles. The third-order valence-electron chi connectivity index (χ3n) is 4.16. The number of carboxylic acid groups (broad SMARTS) is 1. The van der Waals surface area contributed by atoms with Gasteiger partial charge in [-0.1, -0.05) is 98.0 Å². The molecule has 0 heterocycles. The van der Waals surface area contributed by atoms with Crippen LogP contribution in [0.25, 0.3) is 0 Å². The molecule has 2 rings (SSSR count). The minimum Gasteiger partial charge on any atom is -0.480 e. The first-order valence-electron chi connectivity index (χ1n) is 9.31. The second-order valence-corrected chi connectivity index (χ2v) is 8.96. The Kier molecular flexibility index (Phi) is 9.14. The first kappa shape index (κ1) is 23.7. The van der Waals surface area contributed by atoms with Crippen molar-refractivity contribution in [2.45, 2.75) is 25.1 Å². The molecule has 2 atom stereocenters. The van der Waals surface area contributed by atoms with Gasteiger partial charge in [0.2, 0.25) is 16.1 Å². The summed E-state index contributed by atoms with van der Waals surface area (Å²) in [7, 11) is 0. The van der Waals surface area contributed by atoms with Crippen LogP contribution in [-0.2, 0) is 9.59 Å². The number of rotatable bonds is 9. The number of aliphatic carboxylic acids is 1. The molecule has 2 aromatic rings. The van der Waals surface area contributed by atoms with Crippen molar-refractivity contribution >= 4 is 45.6 Å². The zero-order valence-corrected chi connectivity index (χ0v) is 18.2. The molecule has 8 heteroatoms. The Morgan fingerprint density at radius 2 is 1.37 bits per heavy atom. The lowest BCUT2D eigenvalue weighted by Crippen LogP contribution is -2.48. The van der Waals surface area contributed by atoms with Gasteiger partial charge in [-0.25, -0.2) is 4.79 Å². The van der Waals surface area contributed by atoms with E-state index < -0.39 is 23.2 Å². The van der Waals surface area contributed by atoms with Crippen LogP contribution in [0.1, 0.15) is 34.6 Å². The lowest BCUT2D eigenvalue weighted by Gasteiger charge is -2.21. The Hall–Kier alpha value is -2.58. The molecule has 0 aliphatic rings. The standard InChI is InChI=1S/C22H23NO5S2/c1-14(2)18(20(25)26)23-19(24)17(30-22(28)16-11-7-4-8-12-16)13-29-21(27)15-9-5-3-6-10-15/h3-12,14,17-18H,13H2,1-2H3,(H,23,24)(H,25,26)/t17-,18?/m1/s1. The second kappa shape index (κ2) is 11.6. The largest absolute Gasteiger partial charge is 0.480 e. The van der Waals surface area contributed by atoms with Crippen LogP contribution < -0.4 is 5.32 Å². The molecular weight excluding hydrogens is 422 g/mol. The fourth-order valence-corrected chi connectivity index (χ4v) is 4.44. The third kappa shape index (κ3) is 7.03. The zero-order chi connectivity index (χ0) is 22.1. The first-order valence-corrected chi connectivity index (χ1v) is 11.2. The number of hydrogen-bond donors (Lipinski definition) is 2. The summed E-state index contributed by atoms with van der Waals surface area (Å²) in [5, 5.41) is 10.4. The van der Waals surface area contributed by atoms with Crippen LogP contribution in [0.3, 0.4) is 0 Å². The molecule has 30 heavy (non-hydrogen) atoms. The van der Waals surface area contributed by atoms with Gasteiger partial charge in [0.1, 0.15) is 11.3 Å². The van der Waals surface area contributed by atoms with E-state index in [9.17, 15) is 24.3 Å². The number of nitrogens with one attached hydrogen (secondary N) is 1. The summed E-state index contributed by atoms with van der Waals surface area (Å²) in [6.07, 6.45) is 0. The monoisotopic (exact) mass is 445 g/mol. The Labute approximate surface area is 183 Å². The van der Waals surface area contributed by atoms with Gasteiger partial charge in [-0.15, -0.1) is 0 Å². The Balaban J connectivity index is 2.14. The normalized spacial score (nSPS) is 12.8. The quantitative estimate of drug-likeness (QED) is 0.606. The number of benzene rings is 2. The van der Waals surface area contributed by atoms with Crippen molar-refractivity contribution in [3.05, 3.63) is 71.8 Å². The van der Waals surface area contributed by atoms with Crippen LogP contribution in [0.4, 0.5) is 0 Å². The average Bonchev–Trinajstić information content (AvgIpc) is 2.75. The maximum atomic E-state index is 12.8. The highest BCUT2D eigenvalue weighted by atomic mass is 32.2. The number of thioether (sulfide) groups is 2. The fourth-order valence-electron chi connectivity index (χ4n) is 2.50. The van der Waals surface area contributed by atoms with Crippen molar-refractivity contribution in [3.63, 3.8) is 0 Å². The van der Waals surface area contributed by atoms with Crippen molar-refractivity contribution in [1.29, 1.82) is 0 Å². The SMILES string of the molecule is CC(C)C(NC(=O)[C@@H](CSC(=O)c1ccccc1)SC(=O)c1ccccc1)C(=O)O. The first-order chi connectivity index (χ1) is 14.3. The molecule has 0 fully saturated rings. The Morgan fingerprint density at radius 1 is 0.867 bits per heavy atom. The Morgan fingerprint density at radius 3 is 1.83 bits per heavy atom. The summed E-state index contributed by atoms with van der Waals surface area (Å²) >= 11 is 1.72. The summed E-state index contributed by atoms with van der Waals surface area (Å²) < 4.78 is 0. The molecule has 0 radical (unpaired) electrons. The lowest BCUT2D eigenvalue weighted by atomic mass is 10.0. The lowest BCUT2D eigenvalue weighted by molar-refractivity contribution is -0.142. The molecule has 2 aromatic carbocycles. The highest BCUT2D eigenvalue weighted by molar-refractivity contribution is 8.18. The van der Waals surface area contributed by atoms with E-state index in [1.807, 2.05) is 0 Å². The van der Waals surface area contributed by atoms with Crippen LogP contribution in [0.2, 0.25) is 0 Å².